The fourth-order valence-electron chi connectivity index (χ4n) is 0. The number of rotatable bonds is 0. The van der Waals surface area contributed by atoms with E-state index in [1.165, 1.54) is 0 Å². The summed E-state index contributed by atoms with van der Waals surface area (Å²) in [7, 11) is 0. The van der Waals surface area contributed by atoms with Crippen LogP contribution in [0.25, 0.3) is 0 Å². The Labute approximate surface area is 74.6 Å². The molecule has 0 aromatic rings. The first kappa shape index (κ1) is 61.3. The Kier molecular flexibility index (Phi) is 450. The third-order valence-electron chi connectivity index (χ3n) is 0. The van der Waals surface area contributed by atoms with Gasteiger partial charge in [0, 0.05) is 67.7 Å². The molecule has 2 radical (unpaired) electrons. The molecule has 0 aromatic heterocycles. The van der Waals surface area contributed by atoms with Gasteiger partial charge in [-0.05, 0) is 0 Å². The predicted molar refractivity (Wildman–Crippen MR) is 6.41 cm³/mol. The van der Waals surface area contributed by atoms with Gasteiger partial charge in [0.1, 0.15) is 0 Å². The molecule has 0 rings (SSSR count). The molecular weight excluding hydrogens is 245 g/mol. The van der Waals surface area contributed by atoms with Crippen molar-refractivity contribution < 1.29 is 67.7 Å². The zero-order valence-electron chi connectivity index (χ0n) is 2.35. The molecule has 0 fully saturated rings. The van der Waals surface area contributed by atoms with Crippen molar-refractivity contribution in [2.24, 2.45) is 0 Å². The van der Waals surface area contributed by atoms with E-state index in [4.69, 9.17) is 0 Å². The summed E-state index contributed by atoms with van der Waals surface area (Å²) in [4.78, 5) is 0. The van der Waals surface area contributed by atoms with E-state index >= 15 is 0 Å². The van der Waals surface area contributed by atoms with Crippen LogP contribution in [-0.2, 0) is 67.7 Å². The summed E-state index contributed by atoms with van der Waals surface area (Å²) in [6, 6.07) is 0. The maximum absolute atomic E-state index is 0. The SMILES string of the molecule is [CH3-].[Cu].[Fe].[Mn].[Ni]. The second-order valence-electron chi connectivity index (χ2n) is 0. The molecule has 0 aromatic carbocycles. The molecule has 0 N–H and O–H groups in total. The van der Waals surface area contributed by atoms with E-state index < -0.39 is 0 Å². The summed E-state index contributed by atoms with van der Waals surface area (Å²) in [5.74, 6) is 0. The first-order valence-corrected chi connectivity index (χ1v) is 0. The van der Waals surface area contributed by atoms with Crippen LogP contribution >= 0.6 is 0 Å². The van der Waals surface area contributed by atoms with Crippen molar-refractivity contribution in [2.75, 3.05) is 0 Å². The minimum absolute atomic E-state index is 0. The van der Waals surface area contributed by atoms with Gasteiger partial charge in [-0.2, -0.15) is 0 Å². The smallest absolute Gasteiger partial charge is 0 e. The van der Waals surface area contributed by atoms with Gasteiger partial charge in [0.05, 0.1) is 0 Å². The topological polar surface area (TPSA) is 0 Å². The molecule has 5 heavy (non-hydrogen) atoms. The normalized spacial score (nSPS) is 0. The Balaban J connectivity index is 0. The fourth-order valence-corrected chi connectivity index (χ4v) is 0. The molecule has 0 bridgehead atoms. The summed E-state index contributed by atoms with van der Waals surface area (Å²) < 4.78 is 0. The molecule has 0 aliphatic rings. The van der Waals surface area contributed by atoms with Crippen LogP contribution in [0.15, 0.2) is 0 Å². The minimum Gasteiger partial charge on any atom is -0.358 e. The van der Waals surface area contributed by atoms with Crippen LogP contribution < -0.4 is 0 Å². The van der Waals surface area contributed by atoms with Gasteiger partial charge in [0.2, 0.25) is 0 Å². The van der Waals surface area contributed by atoms with Gasteiger partial charge in [-0.15, -0.1) is 0 Å². The second-order valence-corrected chi connectivity index (χ2v) is 0. The van der Waals surface area contributed by atoms with E-state index in [9.17, 15) is 0 Å². The molecule has 0 aliphatic heterocycles. The van der Waals surface area contributed by atoms with Crippen molar-refractivity contribution >= 4 is 0 Å². The quantitative estimate of drug-likeness (QED) is 0.431. The molecule has 0 aliphatic carbocycles. The van der Waals surface area contributed by atoms with Gasteiger partial charge in [-0.25, -0.2) is 0 Å². The Bertz CT molecular complexity index is 11.6. The third-order valence-corrected chi connectivity index (χ3v) is 0. The molecular formula is CH3CuFeMnNi-. The van der Waals surface area contributed by atoms with Crippen LogP contribution in [0, 0.1) is 7.43 Å². The van der Waals surface area contributed by atoms with E-state index in [1.807, 2.05) is 0 Å². The minimum atomic E-state index is 0. The molecule has 0 nitrogen and oxygen atoms in total. The van der Waals surface area contributed by atoms with Gasteiger partial charge in [-0.1, -0.05) is 0 Å². The second kappa shape index (κ2) is 36.7. The standard InChI is InChI=1S/CH3.Cu.Fe.Mn.Ni/h1H3;;;;/q-1;;;;. The summed E-state index contributed by atoms with van der Waals surface area (Å²) in [5.41, 5.74) is 0. The van der Waals surface area contributed by atoms with Crippen molar-refractivity contribution in [3.63, 3.8) is 0 Å². The van der Waals surface area contributed by atoms with E-state index in [1.54, 1.807) is 0 Å². The maximum Gasteiger partial charge on any atom is 0 e. The van der Waals surface area contributed by atoms with Crippen molar-refractivity contribution in [3.05, 3.63) is 7.43 Å². The Hall–Kier alpha value is 2.05. The van der Waals surface area contributed by atoms with E-state index in [0.717, 1.165) is 0 Å². The number of hydrogen-bond donors (Lipinski definition) is 0. The zero-order valence-corrected chi connectivity index (χ0v) is 6.56. The summed E-state index contributed by atoms with van der Waals surface area (Å²) in [6.07, 6.45) is 0. The molecule has 0 saturated heterocycles. The van der Waals surface area contributed by atoms with Crippen molar-refractivity contribution in [2.45, 2.75) is 0 Å². The van der Waals surface area contributed by atoms with Gasteiger partial charge < -0.3 is 7.43 Å². The van der Waals surface area contributed by atoms with Gasteiger partial charge in [0.15, 0.2) is 0 Å². The first-order valence-electron chi connectivity index (χ1n) is 0. The molecule has 0 unspecified atom stereocenters. The monoisotopic (exact) mass is 247 g/mol. The van der Waals surface area contributed by atoms with E-state index in [2.05, 4.69) is 0 Å². The van der Waals surface area contributed by atoms with E-state index in [-0.39, 0.29) is 75.1 Å². The molecule has 0 spiro atoms. The van der Waals surface area contributed by atoms with E-state index in [0.29, 0.717) is 0 Å². The Morgan fingerprint density at radius 2 is 1.00 bits per heavy atom. The molecule has 0 atom stereocenters. The van der Waals surface area contributed by atoms with Crippen LogP contribution in [0.1, 0.15) is 0 Å². The van der Waals surface area contributed by atoms with Gasteiger partial charge >= 0.3 is 0 Å². The van der Waals surface area contributed by atoms with Gasteiger partial charge in [0.25, 0.3) is 0 Å². The van der Waals surface area contributed by atoms with Crippen LogP contribution in [0.2, 0.25) is 0 Å². The molecule has 44 valence electrons. The van der Waals surface area contributed by atoms with Crippen LogP contribution in [0.4, 0.5) is 0 Å². The Morgan fingerprint density at radius 3 is 1.00 bits per heavy atom. The first-order chi connectivity index (χ1) is 0. The predicted octanol–water partition coefficient (Wildman–Crippen LogP) is 0.440. The Morgan fingerprint density at radius 1 is 1.00 bits per heavy atom. The summed E-state index contributed by atoms with van der Waals surface area (Å²) >= 11 is 0. The van der Waals surface area contributed by atoms with Crippen molar-refractivity contribution in [1.82, 2.24) is 0 Å². The summed E-state index contributed by atoms with van der Waals surface area (Å²) in [6.45, 7) is 0. The van der Waals surface area contributed by atoms with Crippen LogP contribution in [0.3, 0.4) is 0 Å². The average Bonchev–Trinajstić information content (AvgIpc) is 0. The fraction of sp³-hybridized carbons (Fsp3) is 0. The van der Waals surface area contributed by atoms with Crippen LogP contribution in [0.5, 0.6) is 0 Å². The van der Waals surface area contributed by atoms with Crippen molar-refractivity contribution in [3.8, 4) is 0 Å². The third kappa shape index (κ3) is 23.6. The zero-order chi connectivity index (χ0) is 0. The summed E-state index contributed by atoms with van der Waals surface area (Å²) in [5, 5.41) is 0. The van der Waals surface area contributed by atoms with Gasteiger partial charge in [-0.3, -0.25) is 0 Å². The molecule has 0 heterocycles. The maximum atomic E-state index is 0. The molecule has 0 amide bonds. The largest absolute Gasteiger partial charge is 0.358 e. The average molecular weight is 248 g/mol. The van der Waals surface area contributed by atoms with Crippen LogP contribution in [-0.4, -0.2) is 0 Å². The molecule has 0 saturated carbocycles. The number of hydrogen-bond acceptors (Lipinski definition) is 0. The molecule has 4 heteroatoms. The van der Waals surface area contributed by atoms with Crippen molar-refractivity contribution in [1.29, 1.82) is 0 Å².